The van der Waals surface area contributed by atoms with Gasteiger partial charge in [0.25, 0.3) is 5.69 Å². The Labute approximate surface area is 116 Å². The van der Waals surface area contributed by atoms with Gasteiger partial charge in [0.15, 0.2) is -0.565 Å². The number of hydrogen-bond acceptors (Lipinski definition) is 2. The second kappa shape index (κ2) is 4.55. The van der Waals surface area contributed by atoms with E-state index >= 15 is 0 Å². The van der Waals surface area contributed by atoms with Crippen molar-refractivity contribution in [1.29, 1.82) is 0 Å². The molecule has 0 saturated heterocycles. The van der Waals surface area contributed by atoms with Gasteiger partial charge in [-0.05, 0) is 73.8 Å². The molecular formula is C7H4I3NO2. The quantitative estimate of drug-likeness (QED) is 0.259. The third kappa shape index (κ3) is 3.15. The molecule has 0 heterocycles. The van der Waals surface area contributed by atoms with Crippen molar-refractivity contribution in [3.63, 3.8) is 0 Å². The highest BCUT2D eigenvalue weighted by molar-refractivity contribution is 14.3. The topological polar surface area (TPSA) is 43.1 Å². The van der Waals surface area contributed by atoms with Crippen molar-refractivity contribution in [3.05, 3.63) is 39.9 Å². The lowest BCUT2D eigenvalue weighted by molar-refractivity contribution is -0.385. The average molecular weight is 515 g/mol. The molecule has 0 atom stereocenters. The van der Waals surface area contributed by atoms with E-state index in [0.717, 1.165) is 5.56 Å². The van der Waals surface area contributed by atoms with Crippen LogP contribution in [0.4, 0.5) is 5.69 Å². The fourth-order valence-electron chi connectivity index (χ4n) is 0.873. The first-order valence-electron chi connectivity index (χ1n) is 3.23. The Morgan fingerprint density at radius 1 is 1.23 bits per heavy atom. The highest BCUT2D eigenvalue weighted by Crippen LogP contribution is 2.49. The minimum Gasteiger partial charge on any atom is -0.258 e. The van der Waals surface area contributed by atoms with Crippen LogP contribution in [0.1, 0.15) is 5.56 Å². The van der Waals surface area contributed by atoms with Crippen LogP contribution in [0.2, 0.25) is 0 Å². The second-order valence-electron chi connectivity index (χ2n) is 2.27. The van der Waals surface area contributed by atoms with E-state index in [1.54, 1.807) is 12.1 Å². The minimum absolute atomic E-state index is 0.181. The van der Waals surface area contributed by atoms with Crippen LogP contribution in [0.15, 0.2) is 24.3 Å². The molecule has 1 rings (SSSR count). The van der Waals surface area contributed by atoms with Gasteiger partial charge in [0.05, 0.1) is 10.5 Å². The summed E-state index contributed by atoms with van der Waals surface area (Å²) in [4.78, 5) is 10.3. The van der Waals surface area contributed by atoms with Gasteiger partial charge in [0.2, 0.25) is 0 Å². The van der Waals surface area contributed by atoms with E-state index in [0.29, 0.717) is 0 Å². The Kier molecular flexibility index (Phi) is 4.16. The zero-order valence-electron chi connectivity index (χ0n) is 6.21. The van der Waals surface area contributed by atoms with Gasteiger partial charge < -0.3 is 0 Å². The van der Waals surface area contributed by atoms with E-state index in [9.17, 15) is 10.1 Å². The van der Waals surface area contributed by atoms with Crippen molar-refractivity contribution in [2.24, 2.45) is 0 Å². The fourth-order valence-corrected chi connectivity index (χ4v) is 2.24. The van der Waals surface area contributed by atoms with Crippen LogP contribution >= 0.6 is 67.8 Å². The summed E-state index contributed by atoms with van der Waals surface area (Å²) in [5.74, 6) is 0. The van der Waals surface area contributed by atoms with Crippen LogP contribution in [-0.4, -0.2) is 4.92 Å². The summed E-state index contributed by atoms with van der Waals surface area (Å²) < 4.78 is -0.267. The highest BCUT2D eigenvalue weighted by atomic mass is 127. The minimum atomic E-state index is -0.347. The first-order valence-corrected chi connectivity index (χ1v) is 6.47. The third-order valence-corrected chi connectivity index (χ3v) is 3.15. The molecule has 6 heteroatoms. The number of hydrogen-bond donors (Lipinski definition) is 0. The summed E-state index contributed by atoms with van der Waals surface area (Å²) in [7, 11) is 0. The number of nitro groups is 1. The van der Waals surface area contributed by atoms with Gasteiger partial charge in [0, 0.05) is 6.07 Å². The molecule has 3 nitrogen and oxygen atoms in total. The molecule has 0 aliphatic rings. The molecule has 0 aliphatic heterocycles. The fraction of sp³-hybridized carbons (Fsp3) is 0.143. The van der Waals surface area contributed by atoms with Gasteiger partial charge in [-0.2, -0.15) is 0 Å². The predicted octanol–water partition coefficient (Wildman–Crippen LogP) is 4.01. The van der Waals surface area contributed by atoms with Crippen molar-refractivity contribution >= 4 is 73.5 Å². The number of nitrogens with zero attached hydrogens (tertiary/aromatic N) is 1. The Morgan fingerprint density at radius 3 is 2.15 bits per heavy atom. The summed E-state index contributed by atoms with van der Waals surface area (Å²) >= 11 is 6.51. The maximum absolute atomic E-state index is 10.7. The third-order valence-electron chi connectivity index (χ3n) is 1.41. The summed E-state index contributed by atoms with van der Waals surface area (Å²) in [5, 5.41) is 10.7. The van der Waals surface area contributed by atoms with Gasteiger partial charge in [-0.3, -0.25) is 10.1 Å². The lowest BCUT2D eigenvalue weighted by Crippen LogP contribution is -2.02. The van der Waals surface area contributed by atoms with Crippen LogP contribution in [0.25, 0.3) is 0 Å². The van der Waals surface area contributed by atoms with Crippen molar-refractivity contribution in [2.75, 3.05) is 0 Å². The van der Waals surface area contributed by atoms with Crippen LogP contribution in [0, 0.1) is 10.1 Å². The Bertz CT molecular complexity index is 335. The standard InChI is InChI=1S/C7H4I3NO2/c8-7(9,10)5-3-1-2-4-6(5)11(12)13/h1-4H. The van der Waals surface area contributed by atoms with Crippen molar-refractivity contribution in [1.82, 2.24) is 0 Å². The zero-order valence-corrected chi connectivity index (χ0v) is 12.7. The van der Waals surface area contributed by atoms with Crippen molar-refractivity contribution in [3.8, 4) is 0 Å². The lowest BCUT2D eigenvalue weighted by Gasteiger charge is -2.12. The molecule has 0 aromatic heterocycles. The molecule has 1 aromatic rings. The first-order chi connectivity index (χ1) is 5.93. The van der Waals surface area contributed by atoms with E-state index in [1.807, 2.05) is 6.07 Å². The molecule has 13 heavy (non-hydrogen) atoms. The van der Waals surface area contributed by atoms with Crippen LogP contribution < -0.4 is 0 Å². The summed E-state index contributed by atoms with van der Waals surface area (Å²) in [6, 6.07) is 6.80. The monoisotopic (exact) mass is 515 g/mol. The number of para-hydroxylation sites is 1. The van der Waals surface area contributed by atoms with E-state index in [1.165, 1.54) is 6.07 Å². The number of halogens is 3. The molecule has 0 radical (unpaired) electrons. The van der Waals surface area contributed by atoms with E-state index < -0.39 is 0 Å². The van der Waals surface area contributed by atoms with E-state index in [4.69, 9.17) is 0 Å². The van der Waals surface area contributed by atoms with Gasteiger partial charge in [0.1, 0.15) is 0 Å². The number of rotatable bonds is 2. The van der Waals surface area contributed by atoms with Crippen molar-refractivity contribution in [2.45, 2.75) is -0.565 Å². The van der Waals surface area contributed by atoms with Crippen LogP contribution in [-0.2, 0) is -0.565 Å². The summed E-state index contributed by atoms with van der Waals surface area (Å²) in [5.41, 5.74) is 0.919. The van der Waals surface area contributed by atoms with Crippen LogP contribution in [0.3, 0.4) is 0 Å². The molecule has 0 bridgehead atoms. The zero-order chi connectivity index (χ0) is 10.1. The van der Waals surface area contributed by atoms with Gasteiger partial charge in [-0.1, -0.05) is 12.1 Å². The SMILES string of the molecule is O=[N+]([O-])c1ccccc1C(I)(I)I. The summed E-state index contributed by atoms with van der Waals surface area (Å²) in [6.45, 7) is 0. The molecule has 70 valence electrons. The molecule has 0 N–H and O–H groups in total. The molecule has 0 amide bonds. The van der Waals surface area contributed by atoms with Gasteiger partial charge >= 0.3 is 0 Å². The normalized spacial score (nSPS) is 11.3. The maximum atomic E-state index is 10.7. The number of benzene rings is 1. The molecule has 0 unspecified atom stereocenters. The van der Waals surface area contributed by atoms with Gasteiger partial charge in [-0.25, -0.2) is 0 Å². The Hall–Kier alpha value is 0.810. The Morgan fingerprint density at radius 2 is 1.77 bits per heavy atom. The molecular weight excluding hydrogens is 511 g/mol. The Balaban J connectivity index is 3.28. The predicted molar refractivity (Wildman–Crippen MR) is 76.8 cm³/mol. The van der Waals surface area contributed by atoms with E-state index in [2.05, 4.69) is 67.8 Å². The summed E-state index contributed by atoms with van der Waals surface area (Å²) in [6.07, 6.45) is 0. The number of alkyl halides is 3. The number of nitro benzene ring substituents is 1. The molecule has 0 saturated carbocycles. The smallest absolute Gasteiger partial charge is 0.258 e. The molecule has 0 aliphatic carbocycles. The van der Waals surface area contributed by atoms with Crippen LogP contribution in [0.5, 0.6) is 0 Å². The lowest BCUT2D eigenvalue weighted by atomic mass is 10.2. The maximum Gasteiger partial charge on any atom is 0.275 e. The van der Waals surface area contributed by atoms with Crippen molar-refractivity contribution < 1.29 is 4.92 Å². The van der Waals surface area contributed by atoms with Gasteiger partial charge in [-0.15, -0.1) is 0 Å². The first kappa shape index (κ1) is 11.9. The second-order valence-corrected chi connectivity index (χ2v) is 13.3. The average Bonchev–Trinajstić information content (AvgIpc) is 2.03. The highest BCUT2D eigenvalue weighted by Gasteiger charge is 2.28. The largest absolute Gasteiger partial charge is 0.275 e. The molecule has 0 spiro atoms. The molecule has 1 aromatic carbocycles. The molecule has 0 fully saturated rings. The van der Waals surface area contributed by atoms with E-state index in [-0.39, 0.29) is 10.0 Å².